The number of aromatic nitrogens is 1. The summed E-state index contributed by atoms with van der Waals surface area (Å²) in [4.78, 5) is 1.99. The van der Waals surface area contributed by atoms with Crippen molar-refractivity contribution in [3.63, 3.8) is 0 Å². The van der Waals surface area contributed by atoms with Crippen LogP contribution in [-0.4, -0.2) is 31.5 Å². The zero-order valence-corrected chi connectivity index (χ0v) is 14.8. The first-order valence-corrected chi connectivity index (χ1v) is 8.73. The van der Waals surface area contributed by atoms with Gasteiger partial charge >= 0.3 is 16.5 Å². The average molecular weight is 355 g/mol. The number of aryl methyl sites for hydroxylation is 1. The highest BCUT2D eigenvalue weighted by Gasteiger charge is 2.07. The minimum atomic E-state index is -1.68. The second-order valence-corrected chi connectivity index (χ2v) is 6.48. The smallest absolute Gasteiger partial charge is 0.372 e. The highest BCUT2D eigenvalue weighted by atomic mass is 32.2. The van der Waals surface area contributed by atoms with Crippen LogP contribution in [-0.2, 0) is 26.8 Å². The van der Waals surface area contributed by atoms with Crippen LogP contribution < -0.4 is 9.47 Å². The highest BCUT2D eigenvalue weighted by Crippen LogP contribution is 2.21. The Balaban J connectivity index is 1.90. The molecule has 0 fully saturated rings. The first-order valence-electron chi connectivity index (χ1n) is 6.85. The molecule has 0 radical (unpaired) electrons. The molecule has 2 rings (SSSR count). The number of rotatable bonds is 8. The molecule has 0 saturated carbocycles. The van der Waals surface area contributed by atoms with Crippen LogP contribution in [0.2, 0.25) is 0 Å². The predicted molar refractivity (Wildman–Crippen MR) is 90.5 cm³/mol. The Hall–Kier alpha value is -1.68. The van der Waals surface area contributed by atoms with Gasteiger partial charge < -0.3 is 4.90 Å². The molecule has 1 aromatic heterocycles. The maximum Gasteiger partial charge on any atom is 0.408 e. The third-order valence-corrected chi connectivity index (χ3v) is 4.51. The van der Waals surface area contributed by atoms with Gasteiger partial charge in [-0.2, -0.15) is 4.21 Å². The molecule has 0 aliphatic heterocycles. The lowest BCUT2D eigenvalue weighted by molar-refractivity contribution is -0.654. The van der Waals surface area contributed by atoms with Crippen molar-refractivity contribution in [3.8, 4) is 0 Å². The van der Waals surface area contributed by atoms with E-state index in [0.717, 1.165) is 16.5 Å². The molecule has 0 bridgehead atoms. The summed E-state index contributed by atoms with van der Waals surface area (Å²) in [6, 6.07) is 7.71. The van der Waals surface area contributed by atoms with E-state index in [1.807, 2.05) is 59.4 Å². The molecule has 0 aliphatic rings. The summed E-state index contributed by atoms with van der Waals surface area (Å²) in [6.45, 7) is 0.911. The van der Waals surface area contributed by atoms with Crippen LogP contribution in [0.5, 0.6) is 0 Å². The lowest BCUT2D eigenvalue weighted by Gasteiger charge is -2.18. The molecule has 0 amide bonds. The van der Waals surface area contributed by atoms with Gasteiger partial charge in [0.1, 0.15) is 11.9 Å². The predicted octanol–water partition coefficient (Wildman–Crippen LogP) is 2.67. The highest BCUT2D eigenvalue weighted by molar-refractivity contribution is 7.75. The minimum Gasteiger partial charge on any atom is -0.372 e. The zero-order valence-electron chi connectivity index (χ0n) is 13.2. The van der Waals surface area contributed by atoms with Gasteiger partial charge in [-0.05, 0) is 40.7 Å². The van der Waals surface area contributed by atoms with E-state index < -0.39 is 11.4 Å². The summed E-state index contributed by atoms with van der Waals surface area (Å²) in [6.07, 6.45) is 1.94. The van der Waals surface area contributed by atoms with E-state index in [-0.39, 0.29) is 0 Å². The fourth-order valence-corrected chi connectivity index (χ4v) is 2.70. The van der Waals surface area contributed by atoms with Crippen molar-refractivity contribution in [2.45, 2.75) is 0 Å². The van der Waals surface area contributed by atoms with Crippen LogP contribution in [0.15, 0.2) is 46.1 Å². The Labute approximate surface area is 142 Å². The molecule has 0 spiro atoms. The molecule has 23 heavy (non-hydrogen) atoms. The van der Waals surface area contributed by atoms with Gasteiger partial charge in [0.05, 0.1) is 25.9 Å². The Kier molecular flexibility index (Phi) is 6.78. The Morgan fingerprint density at radius 2 is 2.04 bits per heavy atom. The maximum absolute atomic E-state index is 11.0. The molecule has 1 heterocycles. The molecule has 7 nitrogen and oxygen atoms in total. The number of hydrogen-bond acceptors (Lipinski definition) is 7. The third-order valence-electron chi connectivity index (χ3n) is 3.04. The van der Waals surface area contributed by atoms with Crippen molar-refractivity contribution in [2.24, 2.45) is 17.3 Å². The van der Waals surface area contributed by atoms with Crippen molar-refractivity contribution in [3.05, 3.63) is 35.8 Å². The largest absolute Gasteiger partial charge is 0.408 e. The number of benzene rings is 1. The van der Waals surface area contributed by atoms with Crippen LogP contribution in [0.1, 0.15) is 0 Å². The van der Waals surface area contributed by atoms with Crippen molar-refractivity contribution in [1.29, 1.82) is 0 Å². The summed E-state index contributed by atoms with van der Waals surface area (Å²) in [7, 11) is 5.20. The summed E-state index contributed by atoms with van der Waals surface area (Å²) in [5.74, 6) is 0. The van der Waals surface area contributed by atoms with E-state index in [1.54, 1.807) is 0 Å². The van der Waals surface area contributed by atoms with Gasteiger partial charge in [-0.3, -0.25) is 8.37 Å². The molecule has 0 N–H and O–H groups in total. The summed E-state index contributed by atoms with van der Waals surface area (Å²) >= 11 is -0.143. The molecular formula is C14H19N4O3S2+. The van der Waals surface area contributed by atoms with Crippen LogP contribution in [0.3, 0.4) is 0 Å². The minimum absolute atomic E-state index is 0.313. The van der Waals surface area contributed by atoms with Gasteiger partial charge in [-0.25, -0.2) is 4.57 Å². The van der Waals surface area contributed by atoms with Gasteiger partial charge in [0.25, 0.3) is 0 Å². The molecule has 1 atom stereocenters. The number of azo groups is 1. The molecule has 1 unspecified atom stereocenters. The Morgan fingerprint density at radius 1 is 1.30 bits per heavy atom. The standard InChI is InChI=1S/C14H19N4O3S2/c1-17(8-10-21-23(19)20-3)13-6-4-12(5-7-13)15-16-14-18(2)9-11-22-14/h4-7,9,11H,8,10H2,1-3H3/q+1. The van der Waals surface area contributed by atoms with Crippen LogP contribution >= 0.6 is 11.3 Å². The monoisotopic (exact) mass is 355 g/mol. The van der Waals surface area contributed by atoms with Crippen LogP contribution in [0.4, 0.5) is 16.5 Å². The topological polar surface area (TPSA) is 67.4 Å². The van der Waals surface area contributed by atoms with E-state index in [9.17, 15) is 4.21 Å². The summed E-state index contributed by atoms with van der Waals surface area (Å²) in [5, 5.41) is 11.2. The number of likely N-dealkylation sites (N-methyl/N-ethyl adjacent to an activating group) is 1. The van der Waals surface area contributed by atoms with Gasteiger partial charge in [-0.15, -0.1) is 0 Å². The fraction of sp³-hybridized carbons (Fsp3) is 0.357. The molecule has 9 heteroatoms. The SMILES string of the molecule is COS(=O)OCCN(C)c1ccc(N=Nc2scc[n+]2C)cc1. The van der Waals surface area contributed by atoms with Gasteiger partial charge in [0.2, 0.25) is 0 Å². The fourth-order valence-electron chi connectivity index (χ4n) is 1.72. The number of nitrogens with zero attached hydrogens (tertiary/aromatic N) is 4. The number of hydrogen-bond donors (Lipinski definition) is 0. The van der Waals surface area contributed by atoms with E-state index in [1.165, 1.54) is 18.4 Å². The number of anilines is 1. The second-order valence-electron chi connectivity index (χ2n) is 4.63. The second kappa shape index (κ2) is 8.82. The molecular weight excluding hydrogens is 336 g/mol. The normalized spacial score (nSPS) is 12.7. The first kappa shape index (κ1) is 17.7. The zero-order chi connectivity index (χ0) is 16.7. The molecule has 0 saturated heterocycles. The Morgan fingerprint density at radius 3 is 2.65 bits per heavy atom. The van der Waals surface area contributed by atoms with Crippen molar-refractivity contribution in [1.82, 2.24) is 0 Å². The Bertz CT molecular complexity index is 673. The summed E-state index contributed by atoms with van der Waals surface area (Å²) < 4.78 is 22.4. The lowest BCUT2D eigenvalue weighted by atomic mass is 10.2. The van der Waals surface area contributed by atoms with Crippen molar-refractivity contribution >= 4 is 39.2 Å². The van der Waals surface area contributed by atoms with E-state index in [0.29, 0.717) is 13.2 Å². The third kappa shape index (κ3) is 5.47. The van der Waals surface area contributed by atoms with Crippen molar-refractivity contribution in [2.75, 3.05) is 32.2 Å². The number of thiazole rings is 1. The van der Waals surface area contributed by atoms with Crippen LogP contribution in [0, 0.1) is 0 Å². The van der Waals surface area contributed by atoms with Gasteiger partial charge in [0, 0.05) is 24.7 Å². The van der Waals surface area contributed by atoms with E-state index >= 15 is 0 Å². The van der Waals surface area contributed by atoms with Crippen LogP contribution in [0.25, 0.3) is 0 Å². The van der Waals surface area contributed by atoms with Gasteiger partial charge in [-0.1, -0.05) is 0 Å². The van der Waals surface area contributed by atoms with E-state index in [4.69, 9.17) is 4.18 Å². The first-order chi connectivity index (χ1) is 11.1. The molecule has 1 aromatic carbocycles. The quantitative estimate of drug-likeness (QED) is 0.539. The van der Waals surface area contributed by atoms with Gasteiger partial charge in [0.15, 0.2) is 0 Å². The lowest BCUT2D eigenvalue weighted by Crippen LogP contribution is -2.23. The maximum atomic E-state index is 11.0. The summed E-state index contributed by atoms with van der Waals surface area (Å²) in [5.41, 5.74) is 1.80. The molecule has 0 aliphatic carbocycles. The average Bonchev–Trinajstić information content (AvgIpc) is 2.98. The van der Waals surface area contributed by atoms with E-state index in [2.05, 4.69) is 14.4 Å². The molecule has 124 valence electrons. The molecule has 2 aromatic rings. The van der Waals surface area contributed by atoms with Crippen molar-refractivity contribution < 1.29 is 17.1 Å².